The number of hydrogen-bond acceptors (Lipinski definition) is 2. The van der Waals surface area contributed by atoms with Crippen molar-refractivity contribution < 1.29 is 20.1 Å². The standard InChI is InChI=1S/C23H28N3.Ir/c1-5-6-7-9-12-20-15-17(2)22(18(3)16-20)26-23(24-19(4)25-26)21-13-10-8-11-14-21;/h8,10-11,13,15-16H,5-7,9,12H2,1-4H3;/q-1;. The van der Waals surface area contributed by atoms with Crippen molar-refractivity contribution in [3.63, 3.8) is 0 Å². The summed E-state index contributed by atoms with van der Waals surface area (Å²) in [6.45, 7) is 8.54. The van der Waals surface area contributed by atoms with Crippen LogP contribution in [-0.4, -0.2) is 14.8 Å². The van der Waals surface area contributed by atoms with Gasteiger partial charge in [0.25, 0.3) is 0 Å². The van der Waals surface area contributed by atoms with Crippen LogP contribution in [0.5, 0.6) is 0 Å². The van der Waals surface area contributed by atoms with Gasteiger partial charge in [0, 0.05) is 20.1 Å². The molecule has 0 saturated carbocycles. The first-order valence-corrected chi connectivity index (χ1v) is 9.61. The van der Waals surface area contributed by atoms with E-state index in [0.29, 0.717) is 0 Å². The quantitative estimate of drug-likeness (QED) is 0.282. The average molecular weight is 539 g/mol. The minimum atomic E-state index is 0. The average Bonchev–Trinajstić information content (AvgIpc) is 3.00. The molecule has 0 aliphatic heterocycles. The third-order valence-electron chi connectivity index (χ3n) is 4.74. The van der Waals surface area contributed by atoms with Gasteiger partial charge in [0.2, 0.25) is 0 Å². The summed E-state index contributed by atoms with van der Waals surface area (Å²) in [6.07, 6.45) is 6.33. The third kappa shape index (κ3) is 5.15. The molecule has 0 amide bonds. The van der Waals surface area contributed by atoms with Crippen LogP contribution in [0.25, 0.3) is 17.1 Å². The zero-order valence-electron chi connectivity index (χ0n) is 16.7. The van der Waals surface area contributed by atoms with Gasteiger partial charge in [-0.25, -0.2) is 0 Å². The first kappa shape index (κ1) is 21.5. The van der Waals surface area contributed by atoms with E-state index in [1.54, 1.807) is 0 Å². The number of nitrogens with zero attached hydrogens (tertiary/aromatic N) is 3. The summed E-state index contributed by atoms with van der Waals surface area (Å²) in [7, 11) is 0. The van der Waals surface area contributed by atoms with Crippen molar-refractivity contribution in [2.75, 3.05) is 0 Å². The summed E-state index contributed by atoms with van der Waals surface area (Å²) in [4.78, 5) is 4.65. The van der Waals surface area contributed by atoms with Crippen LogP contribution in [0.3, 0.4) is 0 Å². The minimum absolute atomic E-state index is 0. The first-order chi connectivity index (χ1) is 12.6. The van der Waals surface area contributed by atoms with Gasteiger partial charge in [-0.1, -0.05) is 38.3 Å². The van der Waals surface area contributed by atoms with Gasteiger partial charge >= 0.3 is 0 Å². The van der Waals surface area contributed by atoms with Crippen molar-refractivity contribution in [2.45, 2.75) is 59.8 Å². The molecule has 0 fully saturated rings. The van der Waals surface area contributed by atoms with Gasteiger partial charge in [-0.05, 0) is 50.3 Å². The molecule has 0 N–H and O–H groups in total. The molecule has 0 saturated heterocycles. The monoisotopic (exact) mass is 539 g/mol. The second kappa shape index (κ2) is 9.96. The molecule has 2 aromatic carbocycles. The third-order valence-corrected chi connectivity index (χ3v) is 4.74. The Morgan fingerprint density at radius 2 is 1.74 bits per heavy atom. The number of rotatable bonds is 7. The van der Waals surface area contributed by atoms with E-state index >= 15 is 0 Å². The molecule has 27 heavy (non-hydrogen) atoms. The fourth-order valence-electron chi connectivity index (χ4n) is 3.56. The Bertz CT molecular complexity index is 846. The Labute approximate surface area is 176 Å². The summed E-state index contributed by atoms with van der Waals surface area (Å²) < 4.78 is 1.98. The van der Waals surface area contributed by atoms with Crippen molar-refractivity contribution in [3.8, 4) is 17.1 Å². The van der Waals surface area contributed by atoms with Crippen LogP contribution in [0.1, 0.15) is 55.1 Å². The fourth-order valence-corrected chi connectivity index (χ4v) is 3.56. The number of hydrogen-bond donors (Lipinski definition) is 0. The summed E-state index contributed by atoms with van der Waals surface area (Å²) in [6, 6.07) is 15.8. The molecule has 1 aromatic heterocycles. The van der Waals surface area contributed by atoms with Crippen LogP contribution in [-0.2, 0) is 26.5 Å². The predicted molar refractivity (Wildman–Crippen MR) is 108 cm³/mol. The van der Waals surface area contributed by atoms with Gasteiger partial charge in [0.1, 0.15) is 5.82 Å². The van der Waals surface area contributed by atoms with Crippen LogP contribution < -0.4 is 0 Å². The molecule has 4 heteroatoms. The Morgan fingerprint density at radius 3 is 2.37 bits per heavy atom. The molecular weight excluding hydrogens is 510 g/mol. The molecule has 0 aliphatic carbocycles. The van der Waals surface area contributed by atoms with Crippen LogP contribution in [0.4, 0.5) is 0 Å². The topological polar surface area (TPSA) is 30.7 Å². The first-order valence-electron chi connectivity index (χ1n) is 9.61. The van der Waals surface area contributed by atoms with Crippen molar-refractivity contribution in [3.05, 3.63) is 65.0 Å². The van der Waals surface area contributed by atoms with E-state index in [1.165, 1.54) is 42.4 Å². The van der Waals surface area contributed by atoms with Crippen LogP contribution in [0.2, 0.25) is 0 Å². The summed E-state index contributed by atoms with van der Waals surface area (Å²) >= 11 is 0. The maximum atomic E-state index is 4.68. The number of aryl methyl sites for hydroxylation is 4. The Hall–Kier alpha value is -1.77. The van der Waals surface area contributed by atoms with Gasteiger partial charge in [-0.15, -0.1) is 35.9 Å². The minimum Gasteiger partial charge on any atom is -0.262 e. The Morgan fingerprint density at radius 1 is 1.00 bits per heavy atom. The molecular formula is C23H28IrN3-. The van der Waals surface area contributed by atoms with Gasteiger partial charge in [0.15, 0.2) is 0 Å². The van der Waals surface area contributed by atoms with E-state index < -0.39 is 0 Å². The summed E-state index contributed by atoms with van der Waals surface area (Å²) in [5.74, 6) is 1.63. The molecule has 3 nitrogen and oxygen atoms in total. The van der Waals surface area contributed by atoms with E-state index in [-0.39, 0.29) is 20.1 Å². The van der Waals surface area contributed by atoms with Crippen molar-refractivity contribution in [2.24, 2.45) is 0 Å². The maximum absolute atomic E-state index is 4.68. The van der Waals surface area contributed by atoms with Crippen LogP contribution >= 0.6 is 0 Å². The molecule has 3 rings (SSSR count). The predicted octanol–water partition coefficient (Wildman–Crippen LogP) is 5.78. The van der Waals surface area contributed by atoms with E-state index in [9.17, 15) is 0 Å². The molecule has 0 bridgehead atoms. The van der Waals surface area contributed by atoms with Crippen molar-refractivity contribution in [1.29, 1.82) is 0 Å². The van der Waals surface area contributed by atoms with Crippen LogP contribution in [0.15, 0.2) is 36.4 Å². The Balaban J connectivity index is 0.00000261. The van der Waals surface area contributed by atoms with E-state index in [2.05, 4.69) is 49.1 Å². The second-order valence-electron chi connectivity index (χ2n) is 7.06. The van der Waals surface area contributed by atoms with Crippen molar-refractivity contribution >= 4 is 0 Å². The molecule has 1 heterocycles. The molecule has 0 aliphatic rings. The van der Waals surface area contributed by atoms with E-state index in [4.69, 9.17) is 0 Å². The van der Waals surface area contributed by atoms with Gasteiger partial charge in [-0.2, -0.15) is 5.10 Å². The second-order valence-corrected chi connectivity index (χ2v) is 7.06. The van der Waals surface area contributed by atoms with Gasteiger partial charge in [-0.3, -0.25) is 9.67 Å². The molecule has 0 spiro atoms. The van der Waals surface area contributed by atoms with Crippen LogP contribution in [0, 0.1) is 26.8 Å². The summed E-state index contributed by atoms with van der Waals surface area (Å²) in [5, 5.41) is 4.68. The number of benzene rings is 2. The van der Waals surface area contributed by atoms with Crippen molar-refractivity contribution in [1.82, 2.24) is 14.8 Å². The molecule has 1 radical (unpaired) electrons. The van der Waals surface area contributed by atoms with E-state index in [1.807, 2.05) is 35.9 Å². The molecule has 0 atom stereocenters. The van der Waals surface area contributed by atoms with Gasteiger partial charge in [0.05, 0.1) is 11.5 Å². The smallest absolute Gasteiger partial charge is 0.137 e. The number of aromatic nitrogens is 3. The Kier molecular flexibility index (Phi) is 7.94. The number of unbranched alkanes of at least 4 members (excludes halogenated alkanes) is 3. The van der Waals surface area contributed by atoms with Gasteiger partial charge < -0.3 is 0 Å². The molecule has 145 valence electrons. The molecule has 0 unspecified atom stereocenters. The molecule has 3 aromatic rings. The zero-order chi connectivity index (χ0) is 18.5. The fraction of sp³-hybridized carbons (Fsp3) is 0.391. The SMILES string of the molecule is CCCCCCc1cc(C)c(-n2nc(C)nc2-c2[c-]cccc2)c(C)c1.[Ir]. The largest absolute Gasteiger partial charge is 0.262 e. The van der Waals surface area contributed by atoms with E-state index in [0.717, 1.165) is 29.3 Å². The normalized spacial score (nSPS) is 10.7. The summed E-state index contributed by atoms with van der Waals surface area (Å²) in [5.41, 5.74) is 6.02. The zero-order valence-corrected chi connectivity index (χ0v) is 19.1. The maximum Gasteiger partial charge on any atom is 0.137 e.